The van der Waals surface area contributed by atoms with E-state index in [1.165, 1.54) is 5.56 Å². The van der Waals surface area contributed by atoms with Gasteiger partial charge in [-0.25, -0.2) is 0 Å². The summed E-state index contributed by atoms with van der Waals surface area (Å²) in [4.78, 5) is 12.3. The predicted molar refractivity (Wildman–Crippen MR) is 92.2 cm³/mol. The first-order valence-corrected chi connectivity index (χ1v) is 7.83. The molecule has 4 nitrogen and oxygen atoms in total. The van der Waals surface area contributed by atoms with Crippen molar-refractivity contribution in [1.82, 2.24) is 0 Å². The van der Waals surface area contributed by atoms with E-state index in [-0.39, 0.29) is 5.91 Å². The Morgan fingerprint density at radius 1 is 1.13 bits per heavy atom. The van der Waals surface area contributed by atoms with Gasteiger partial charge in [-0.1, -0.05) is 37.6 Å². The van der Waals surface area contributed by atoms with Crippen LogP contribution >= 0.6 is 0 Å². The monoisotopic (exact) mass is 313 g/mol. The van der Waals surface area contributed by atoms with Gasteiger partial charge in [0.25, 0.3) is 5.91 Å². The quantitative estimate of drug-likeness (QED) is 0.838. The number of methoxy groups -OCH3 is 1. The molecular weight excluding hydrogens is 290 g/mol. The summed E-state index contributed by atoms with van der Waals surface area (Å²) < 4.78 is 10.9. The Morgan fingerprint density at radius 3 is 2.48 bits per heavy atom. The first kappa shape index (κ1) is 16.9. The third kappa shape index (κ3) is 4.74. The van der Waals surface area contributed by atoms with Crippen LogP contribution in [0.25, 0.3) is 0 Å². The summed E-state index contributed by atoms with van der Waals surface area (Å²) in [5, 5.41) is 2.82. The number of ether oxygens (including phenoxy) is 2. The lowest BCUT2D eigenvalue weighted by Crippen LogP contribution is -2.30. The van der Waals surface area contributed by atoms with Crippen LogP contribution in [0, 0.1) is 0 Å². The first-order valence-electron chi connectivity index (χ1n) is 7.83. The van der Waals surface area contributed by atoms with Crippen molar-refractivity contribution in [2.75, 3.05) is 12.4 Å². The molecule has 122 valence electrons. The van der Waals surface area contributed by atoms with Crippen molar-refractivity contribution in [1.29, 1.82) is 0 Å². The molecule has 0 saturated heterocycles. The minimum Gasteiger partial charge on any atom is -0.495 e. The van der Waals surface area contributed by atoms with E-state index >= 15 is 0 Å². The van der Waals surface area contributed by atoms with Gasteiger partial charge in [0.1, 0.15) is 11.5 Å². The highest BCUT2D eigenvalue weighted by Crippen LogP contribution is 2.23. The molecule has 0 aliphatic rings. The van der Waals surface area contributed by atoms with Crippen LogP contribution in [-0.4, -0.2) is 19.1 Å². The molecule has 0 heterocycles. The molecule has 2 aromatic rings. The van der Waals surface area contributed by atoms with Gasteiger partial charge in [0, 0.05) is 0 Å². The summed E-state index contributed by atoms with van der Waals surface area (Å²) in [7, 11) is 1.57. The fourth-order valence-electron chi connectivity index (χ4n) is 2.26. The van der Waals surface area contributed by atoms with Crippen molar-refractivity contribution in [2.45, 2.75) is 32.8 Å². The van der Waals surface area contributed by atoms with Crippen molar-refractivity contribution in [3.05, 3.63) is 54.1 Å². The predicted octanol–water partition coefficient (Wildman–Crippen LogP) is 4.05. The van der Waals surface area contributed by atoms with Crippen LogP contribution in [0.1, 0.15) is 25.8 Å². The number of aryl methyl sites for hydroxylation is 1. The van der Waals surface area contributed by atoms with Gasteiger partial charge >= 0.3 is 0 Å². The van der Waals surface area contributed by atoms with Gasteiger partial charge in [0.05, 0.1) is 12.8 Å². The molecule has 1 amide bonds. The minimum absolute atomic E-state index is 0.216. The normalized spacial score (nSPS) is 11.6. The molecule has 0 aliphatic heterocycles. The highest BCUT2D eigenvalue weighted by atomic mass is 16.5. The van der Waals surface area contributed by atoms with Crippen LogP contribution in [0.3, 0.4) is 0 Å². The zero-order chi connectivity index (χ0) is 16.7. The summed E-state index contributed by atoms with van der Waals surface area (Å²) in [6.45, 7) is 3.87. The highest BCUT2D eigenvalue weighted by Gasteiger charge is 2.16. The van der Waals surface area contributed by atoms with E-state index in [9.17, 15) is 4.79 Å². The van der Waals surface area contributed by atoms with Gasteiger partial charge in [-0.05, 0) is 43.2 Å². The van der Waals surface area contributed by atoms with E-state index in [4.69, 9.17) is 9.47 Å². The smallest absolute Gasteiger partial charge is 0.265 e. The highest BCUT2D eigenvalue weighted by molar-refractivity contribution is 5.95. The number of rotatable bonds is 7. The van der Waals surface area contributed by atoms with Crippen LogP contribution in [-0.2, 0) is 11.2 Å². The maximum absolute atomic E-state index is 12.3. The molecule has 2 rings (SSSR count). The minimum atomic E-state index is -0.600. The van der Waals surface area contributed by atoms with Gasteiger partial charge in [0.15, 0.2) is 6.10 Å². The molecule has 0 aliphatic carbocycles. The average molecular weight is 313 g/mol. The van der Waals surface area contributed by atoms with Crippen LogP contribution in [0.4, 0.5) is 5.69 Å². The Balaban J connectivity index is 1.96. The maximum atomic E-state index is 12.3. The Labute approximate surface area is 137 Å². The molecule has 0 aromatic heterocycles. The Morgan fingerprint density at radius 2 is 1.83 bits per heavy atom. The summed E-state index contributed by atoms with van der Waals surface area (Å²) in [6.07, 6.45) is 1.55. The fourth-order valence-corrected chi connectivity index (χ4v) is 2.26. The molecule has 0 saturated carbocycles. The lowest BCUT2D eigenvalue weighted by molar-refractivity contribution is -0.122. The third-order valence-corrected chi connectivity index (χ3v) is 3.51. The van der Waals surface area contributed by atoms with Crippen LogP contribution in [0.15, 0.2) is 48.5 Å². The maximum Gasteiger partial charge on any atom is 0.265 e. The molecule has 1 N–H and O–H groups in total. The Kier molecular flexibility index (Phi) is 6.03. The number of carbonyl (C=O) groups excluding carboxylic acids is 1. The molecule has 1 unspecified atom stereocenters. The summed E-state index contributed by atoms with van der Waals surface area (Å²) in [5.41, 5.74) is 1.90. The molecule has 0 fully saturated rings. The second-order valence-corrected chi connectivity index (χ2v) is 5.34. The first-order chi connectivity index (χ1) is 11.1. The van der Waals surface area contributed by atoms with E-state index in [1.54, 1.807) is 26.2 Å². The zero-order valence-corrected chi connectivity index (χ0v) is 13.8. The van der Waals surface area contributed by atoms with Gasteiger partial charge in [-0.3, -0.25) is 4.79 Å². The molecule has 4 heteroatoms. The SMILES string of the molecule is CCCc1ccc(OC(C)C(=O)Nc2ccccc2OC)cc1. The van der Waals surface area contributed by atoms with Gasteiger partial charge < -0.3 is 14.8 Å². The molecular formula is C19H23NO3. The lowest BCUT2D eigenvalue weighted by Gasteiger charge is -2.16. The number of para-hydroxylation sites is 2. The average Bonchev–Trinajstić information content (AvgIpc) is 2.57. The van der Waals surface area contributed by atoms with Crippen molar-refractivity contribution in [2.24, 2.45) is 0 Å². The largest absolute Gasteiger partial charge is 0.495 e. The zero-order valence-electron chi connectivity index (χ0n) is 13.8. The number of benzene rings is 2. The number of nitrogens with one attached hydrogen (secondary N) is 1. The van der Waals surface area contributed by atoms with Gasteiger partial charge in [0.2, 0.25) is 0 Å². The van der Waals surface area contributed by atoms with Gasteiger partial charge in [-0.2, -0.15) is 0 Å². The molecule has 2 aromatic carbocycles. The second-order valence-electron chi connectivity index (χ2n) is 5.34. The molecule has 0 spiro atoms. The summed E-state index contributed by atoms with van der Waals surface area (Å²) in [5.74, 6) is 1.09. The van der Waals surface area contributed by atoms with Crippen LogP contribution < -0.4 is 14.8 Å². The van der Waals surface area contributed by atoms with Gasteiger partial charge in [-0.15, -0.1) is 0 Å². The van der Waals surface area contributed by atoms with E-state index in [0.29, 0.717) is 17.2 Å². The number of hydrogen-bond acceptors (Lipinski definition) is 3. The molecule has 0 bridgehead atoms. The van der Waals surface area contributed by atoms with Crippen molar-refractivity contribution < 1.29 is 14.3 Å². The number of hydrogen-bond donors (Lipinski definition) is 1. The number of anilines is 1. The topological polar surface area (TPSA) is 47.6 Å². The lowest BCUT2D eigenvalue weighted by atomic mass is 10.1. The second kappa shape index (κ2) is 8.22. The Bertz CT molecular complexity index is 637. The van der Waals surface area contributed by atoms with Crippen molar-refractivity contribution in [3.63, 3.8) is 0 Å². The van der Waals surface area contributed by atoms with Crippen molar-refractivity contribution >= 4 is 11.6 Å². The Hall–Kier alpha value is -2.49. The standard InChI is InChI=1S/C19H23NO3/c1-4-7-15-10-12-16(13-11-15)23-14(2)19(21)20-17-8-5-6-9-18(17)22-3/h5-6,8-14H,4,7H2,1-3H3,(H,20,21). The van der Waals surface area contributed by atoms with E-state index in [2.05, 4.69) is 12.2 Å². The fraction of sp³-hybridized carbons (Fsp3) is 0.316. The number of amides is 1. The molecule has 23 heavy (non-hydrogen) atoms. The van der Waals surface area contributed by atoms with E-state index in [0.717, 1.165) is 12.8 Å². The third-order valence-electron chi connectivity index (χ3n) is 3.51. The van der Waals surface area contributed by atoms with Crippen molar-refractivity contribution in [3.8, 4) is 11.5 Å². The van der Waals surface area contributed by atoms with E-state index in [1.807, 2.05) is 36.4 Å². The van der Waals surface area contributed by atoms with E-state index < -0.39 is 6.10 Å². The number of carbonyl (C=O) groups is 1. The van der Waals surface area contributed by atoms with Crippen LogP contribution in [0.5, 0.6) is 11.5 Å². The summed E-state index contributed by atoms with van der Waals surface area (Å²) in [6, 6.07) is 15.2. The van der Waals surface area contributed by atoms with Crippen LogP contribution in [0.2, 0.25) is 0 Å². The molecule has 1 atom stereocenters. The summed E-state index contributed by atoms with van der Waals surface area (Å²) >= 11 is 0. The molecule has 0 radical (unpaired) electrons.